The molecule has 0 unspecified atom stereocenters. The molecule has 0 aromatic carbocycles. The minimum atomic E-state index is 0.759. The molecule has 4 nitrogen and oxygen atoms in total. The van der Waals surface area contributed by atoms with E-state index in [4.69, 9.17) is 0 Å². The van der Waals surface area contributed by atoms with Crippen LogP contribution in [0.4, 0.5) is 5.69 Å². The lowest BCUT2D eigenvalue weighted by molar-refractivity contribution is 1.05. The molecule has 1 N–H and O–H groups in total. The predicted octanol–water partition coefficient (Wildman–Crippen LogP) is 1.85. The number of aromatic nitrogens is 3. The molecular weight excluding hydrogens is 196 g/mol. The number of hydrogen-bond donors (Lipinski definition) is 1. The fraction of sp³-hybridized carbons (Fsp3) is 0.222. The Morgan fingerprint density at radius 1 is 1.50 bits per heavy atom. The molecular formula is C9H10N4S. The lowest BCUT2D eigenvalue weighted by Gasteiger charge is -2.02. The van der Waals surface area contributed by atoms with E-state index in [-0.39, 0.29) is 0 Å². The zero-order valence-corrected chi connectivity index (χ0v) is 8.58. The van der Waals surface area contributed by atoms with E-state index >= 15 is 0 Å². The van der Waals surface area contributed by atoms with Gasteiger partial charge in [0.25, 0.3) is 0 Å². The Morgan fingerprint density at radius 3 is 3.07 bits per heavy atom. The van der Waals surface area contributed by atoms with Crippen LogP contribution in [-0.2, 0) is 6.54 Å². The lowest BCUT2D eigenvalue weighted by Crippen LogP contribution is -1.98. The van der Waals surface area contributed by atoms with Gasteiger partial charge in [0.15, 0.2) is 0 Å². The fourth-order valence-electron chi connectivity index (χ4n) is 1.06. The van der Waals surface area contributed by atoms with Crippen molar-refractivity contribution >= 4 is 17.2 Å². The van der Waals surface area contributed by atoms with Gasteiger partial charge in [-0.15, -0.1) is 5.10 Å². The van der Waals surface area contributed by atoms with Gasteiger partial charge in [-0.1, -0.05) is 4.49 Å². The van der Waals surface area contributed by atoms with E-state index < -0.39 is 0 Å². The summed E-state index contributed by atoms with van der Waals surface area (Å²) in [5, 5.41) is 7.20. The number of anilines is 1. The van der Waals surface area contributed by atoms with Crippen molar-refractivity contribution < 1.29 is 0 Å². The third-order valence-electron chi connectivity index (χ3n) is 1.86. The van der Waals surface area contributed by atoms with Crippen LogP contribution < -0.4 is 5.32 Å². The van der Waals surface area contributed by atoms with Crippen molar-refractivity contribution in [3.05, 3.63) is 35.1 Å². The van der Waals surface area contributed by atoms with Crippen LogP contribution in [0.25, 0.3) is 0 Å². The SMILES string of the molecule is Cc1nnsc1CNc1cccnc1. The second-order valence-corrected chi connectivity index (χ2v) is 3.72. The minimum Gasteiger partial charge on any atom is -0.379 e. The number of aryl methyl sites for hydroxylation is 1. The summed E-state index contributed by atoms with van der Waals surface area (Å²) >= 11 is 1.42. The second-order valence-electron chi connectivity index (χ2n) is 2.88. The zero-order valence-electron chi connectivity index (χ0n) is 7.77. The molecule has 0 bridgehead atoms. The Balaban J connectivity index is 1.99. The van der Waals surface area contributed by atoms with E-state index in [1.165, 1.54) is 11.5 Å². The standard InChI is InChI=1S/C9H10N4S/c1-7-9(14-13-12-7)6-11-8-3-2-4-10-5-8/h2-5,11H,6H2,1H3. The molecule has 2 aromatic rings. The van der Waals surface area contributed by atoms with Crippen molar-refractivity contribution in [1.29, 1.82) is 0 Å². The molecule has 0 atom stereocenters. The normalized spacial score (nSPS) is 10.1. The highest BCUT2D eigenvalue weighted by Crippen LogP contribution is 2.11. The molecule has 2 heterocycles. The molecule has 0 saturated heterocycles. The van der Waals surface area contributed by atoms with Crippen molar-refractivity contribution in [2.75, 3.05) is 5.32 Å². The Kier molecular flexibility index (Phi) is 2.69. The lowest BCUT2D eigenvalue weighted by atomic mass is 10.3. The summed E-state index contributed by atoms with van der Waals surface area (Å²) in [7, 11) is 0. The predicted molar refractivity (Wildman–Crippen MR) is 56.2 cm³/mol. The van der Waals surface area contributed by atoms with E-state index in [0.29, 0.717) is 0 Å². The maximum atomic E-state index is 4.02. The van der Waals surface area contributed by atoms with Crippen molar-refractivity contribution in [2.45, 2.75) is 13.5 Å². The van der Waals surface area contributed by atoms with Crippen molar-refractivity contribution in [1.82, 2.24) is 14.6 Å². The maximum absolute atomic E-state index is 4.02. The number of hydrogen-bond acceptors (Lipinski definition) is 5. The fourth-order valence-corrected chi connectivity index (χ4v) is 1.63. The molecule has 0 amide bonds. The Morgan fingerprint density at radius 2 is 2.43 bits per heavy atom. The molecule has 0 fully saturated rings. The van der Waals surface area contributed by atoms with Gasteiger partial charge in [-0.25, -0.2) is 0 Å². The number of nitrogens with zero attached hydrogens (tertiary/aromatic N) is 3. The topological polar surface area (TPSA) is 50.7 Å². The molecule has 0 aliphatic heterocycles. The van der Waals surface area contributed by atoms with E-state index in [9.17, 15) is 0 Å². The zero-order chi connectivity index (χ0) is 9.80. The third-order valence-corrected chi connectivity index (χ3v) is 2.68. The number of pyridine rings is 1. The molecule has 5 heteroatoms. The second kappa shape index (κ2) is 4.15. The Bertz CT molecular complexity index is 398. The highest BCUT2D eigenvalue weighted by molar-refractivity contribution is 7.05. The third kappa shape index (κ3) is 2.05. The van der Waals surface area contributed by atoms with Crippen molar-refractivity contribution in [3.8, 4) is 0 Å². The van der Waals surface area contributed by atoms with Crippen LogP contribution in [0.15, 0.2) is 24.5 Å². The van der Waals surface area contributed by atoms with Gasteiger partial charge < -0.3 is 5.32 Å². The van der Waals surface area contributed by atoms with Crippen LogP contribution in [0.2, 0.25) is 0 Å². The van der Waals surface area contributed by atoms with Crippen LogP contribution in [0.3, 0.4) is 0 Å². The summed E-state index contributed by atoms with van der Waals surface area (Å²) in [6, 6.07) is 3.89. The largest absolute Gasteiger partial charge is 0.379 e. The van der Waals surface area contributed by atoms with Gasteiger partial charge in [0.2, 0.25) is 0 Å². The van der Waals surface area contributed by atoms with Gasteiger partial charge in [-0.2, -0.15) is 0 Å². The van der Waals surface area contributed by atoms with Crippen LogP contribution in [0.5, 0.6) is 0 Å². The van der Waals surface area contributed by atoms with Gasteiger partial charge >= 0.3 is 0 Å². The van der Waals surface area contributed by atoms with Gasteiger partial charge in [-0.3, -0.25) is 4.98 Å². The summed E-state index contributed by atoms with van der Waals surface area (Å²) in [5.74, 6) is 0. The molecule has 0 aliphatic carbocycles. The first-order chi connectivity index (χ1) is 6.86. The van der Waals surface area contributed by atoms with E-state index in [0.717, 1.165) is 22.8 Å². The molecule has 14 heavy (non-hydrogen) atoms. The molecule has 0 aliphatic rings. The Labute approximate surface area is 86.2 Å². The van der Waals surface area contributed by atoms with E-state index in [1.807, 2.05) is 19.1 Å². The van der Waals surface area contributed by atoms with Gasteiger partial charge in [0, 0.05) is 12.4 Å². The molecule has 0 saturated carbocycles. The number of nitrogens with one attached hydrogen (secondary N) is 1. The quantitative estimate of drug-likeness (QED) is 0.832. The molecule has 2 rings (SSSR count). The summed E-state index contributed by atoms with van der Waals surface area (Å²) in [5.41, 5.74) is 2.01. The summed E-state index contributed by atoms with van der Waals surface area (Å²) in [4.78, 5) is 5.18. The molecule has 72 valence electrons. The van der Waals surface area contributed by atoms with Crippen LogP contribution in [0.1, 0.15) is 10.6 Å². The molecule has 0 radical (unpaired) electrons. The van der Waals surface area contributed by atoms with Gasteiger partial charge in [0.1, 0.15) is 0 Å². The average Bonchev–Trinajstić information content (AvgIpc) is 2.63. The van der Waals surface area contributed by atoms with Crippen molar-refractivity contribution in [2.24, 2.45) is 0 Å². The number of rotatable bonds is 3. The molecule has 0 spiro atoms. The monoisotopic (exact) mass is 206 g/mol. The summed E-state index contributed by atoms with van der Waals surface area (Å²) < 4.78 is 3.87. The van der Waals surface area contributed by atoms with E-state index in [1.54, 1.807) is 12.4 Å². The maximum Gasteiger partial charge on any atom is 0.0774 e. The van der Waals surface area contributed by atoms with Crippen LogP contribution in [0, 0.1) is 6.92 Å². The first-order valence-electron chi connectivity index (χ1n) is 4.28. The highest BCUT2D eigenvalue weighted by Gasteiger charge is 2.01. The van der Waals surface area contributed by atoms with Crippen LogP contribution >= 0.6 is 11.5 Å². The average molecular weight is 206 g/mol. The first kappa shape index (κ1) is 9.08. The van der Waals surface area contributed by atoms with Gasteiger partial charge in [-0.05, 0) is 30.6 Å². The van der Waals surface area contributed by atoms with E-state index in [2.05, 4.69) is 19.9 Å². The minimum absolute atomic E-state index is 0.759. The Hall–Kier alpha value is -1.49. The smallest absolute Gasteiger partial charge is 0.0774 e. The highest BCUT2D eigenvalue weighted by atomic mass is 32.1. The summed E-state index contributed by atoms with van der Waals surface area (Å²) in [6.45, 7) is 2.72. The molecule has 2 aromatic heterocycles. The van der Waals surface area contributed by atoms with Crippen molar-refractivity contribution in [3.63, 3.8) is 0 Å². The first-order valence-corrected chi connectivity index (χ1v) is 5.05. The summed E-state index contributed by atoms with van der Waals surface area (Å²) in [6.07, 6.45) is 3.55. The van der Waals surface area contributed by atoms with Crippen LogP contribution in [-0.4, -0.2) is 14.6 Å². The van der Waals surface area contributed by atoms with Gasteiger partial charge in [0.05, 0.1) is 22.8 Å².